The van der Waals surface area contributed by atoms with Crippen molar-refractivity contribution in [3.63, 3.8) is 0 Å². The molecular formula is C21H21F3N6O4. The van der Waals surface area contributed by atoms with Gasteiger partial charge in [-0.3, -0.25) is 15.0 Å². The number of urea groups is 1. The lowest BCUT2D eigenvalue weighted by molar-refractivity contribution is -0.149. The Hall–Kier alpha value is -3.90. The molecule has 0 aromatic carbocycles. The van der Waals surface area contributed by atoms with E-state index in [1.807, 2.05) is 10.2 Å². The Morgan fingerprint density at radius 1 is 1.24 bits per heavy atom. The van der Waals surface area contributed by atoms with Crippen LogP contribution in [0.4, 0.5) is 35.3 Å². The van der Waals surface area contributed by atoms with Gasteiger partial charge in [-0.25, -0.2) is 19.6 Å². The molecule has 2 N–H and O–H groups in total. The first-order valence-corrected chi connectivity index (χ1v) is 10.4. The van der Waals surface area contributed by atoms with Crippen molar-refractivity contribution in [2.24, 2.45) is 0 Å². The maximum absolute atomic E-state index is 13.2. The molecule has 34 heavy (non-hydrogen) atoms. The molecule has 2 aliphatic rings. The normalized spacial score (nSPS) is 17.6. The fourth-order valence-corrected chi connectivity index (χ4v) is 3.86. The lowest BCUT2D eigenvalue weighted by atomic mass is 10.1. The smallest absolute Gasteiger partial charge is 0.408 e. The van der Waals surface area contributed by atoms with E-state index >= 15 is 0 Å². The van der Waals surface area contributed by atoms with Gasteiger partial charge >= 0.3 is 18.2 Å². The molecule has 3 amide bonds. The third-order valence-corrected chi connectivity index (χ3v) is 5.66. The first kappa shape index (κ1) is 23.3. The number of carbonyl (C=O) groups is 3. The van der Waals surface area contributed by atoms with Gasteiger partial charge in [-0.1, -0.05) is 0 Å². The average molecular weight is 478 g/mol. The Morgan fingerprint density at radius 2 is 2.00 bits per heavy atom. The summed E-state index contributed by atoms with van der Waals surface area (Å²) < 4.78 is 43.2. The van der Waals surface area contributed by atoms with Crippen LogP contribution in [0.3, 0.4) is 0 Å². The first-order valence-electron chi connectivity index (χ1n) is 10.4. The van der Waals surface area contributed by atoms with E-state index in [-0.39, 0.29) is 28.9 Å². The van der Waals surface area contributed by atoms with E-state index in [1.165, 1.54) is 36.4 Å². The predicted octanol–water partition coefficient (Wildman–Crippen LogP) is 2.57. The fourth-order valence-electron chi connectivity index (χ4n) is 3.86. The number of nitrogens with one attached hydrogen (secondary N) is 2. The largest absolute Gasteiger partial charge is 0.465 e. The Morgan fingerprint density at radius 3 is 2.71 bits per heavy atom. The number of fused-ring (bicyclic) bond motifs is 4. The lowest BCUT2D eigenvalue weighted by Crippen LogP contribution is -2.49. The van der Waals surface area contributed by atoms with E-state index in [0.29, 0.717) is 25.2 Å². The summed E-state index contributed by atoms with van der Waals surface area (Å²) in [6.45, 7) is 2.02. The topological polar surface area (TPSA) is 117 Å². The summed E-state index contributed by atoms with van der Waals surface area (Å²) in [4.78, 5) is 49.0. The lowest BCUT2D eigenvalue weighted by Gasteiger charge is -2.35. The number of hydrogen-bond donors (Lipinski definition) is 2. The zero-order valence-electron chi connectivity index (χ0n) is 18.2. The number of esters is 1. The van der Waals surface area contributed by atoms with Crippen molar-refractivity contribution in [1.29, 1.82) is 0 Å². The van der Waals surface area contributed by atoms with Crippen molar-refractivity contribution >= 4 is 35.2 Å². The van der Waals surface area contributed by atoms with Gasteiger partial charge in [0.15, 0.2) is 5.82 Å². The molecule has 4 heterocycles. The Kier molecular flexibility index (Phi) is 6.02. The summed E-state index contributed by atoms with van der Waals surface area (Å²) in [6.07, 6.45) is -2.63. The van der Waals surface area contributed by atoms with Crippen LogP contribution in [0.1, 0.15) is 34.2 Å². The first-order chi connectivity index (χ1) is 16.1. The SMILES string of the molecule is COC(=O)c1ccnc(NC(=O)N2c3nc(C(=O)N[C@H](C)C(F)(F)F)ccc3N3CCC2C3)c1. The van der Waals surface area contributed by atoms with Crippen LogP contribution >= 0.6 is 0 Å². The number of ether oxygens (including phenoxy) is 1. The fraction of sp³-hybridized carbons (Fsp3) is 0.381. The van der Waals surface area contributed by atoms with Crippen LogP contribution in [0.5, 0.6) is 0 Å². The van der Waals surface area contributed by atoms with E-state index < -0.39 is 30.1 Å². The standard InChI is InChI=1S/C21H21F3N6O4/c1-11(21(22,23)24)26-18(31)14-3-4-15-17(27-14)30(13-6-8-29(15)10-13)20(33)28-16-9-12(5-7-25-16)19(32)34-2/h3-5,7,9,11,13H,6,8,10H2,1-2H3,(H,26,31)(H,25,28,33)/t11-,13?/m1/s1. The van der Waals surface area contributed by atoms with Gasteiger partial charge in [-0.05, 0) is 37.6 Å². The number of rotatable bonds is 4. The molecule has 2 aromatic rings. The third kappa shape index (κ3) is 4.45. The highest BCUT2D eigenvalue weighted by molar-refractivity contribution is 6.05. The minimum atomic E-state index is -4.60. The molecular weight excluding hydrogens is 457 g/mol. The van der Waals surface area contributed by atoms with Crippen molar-refractivity contribution in [2.75, 3.05) is 35.3 Å². The number of nitrogens with zero attached hydrogens (tertiary/aromatic N) is 4. The van der Waals surface area contributed by atoms with Crippen LogP contribution in [0.25, 0.3) is 0 Å². The number of amides is 3. The maximum atomic E-state index is 13.2. The summed E-state index contributed by atoms with van der Waals surface area (Å²) in [7, 11) is 1.23. The summed E-state index contributed by atoms with van der Waals surface area (Å²) >= 11 is 0. The van der Waals surface area contributed by atoms with Crippen molar-refractivity contribution in [1.82, 2.24) is 15.3 Å². The molecule has 1 fully saturated rings. The second kappa shape index (κ2) is 8.80. The van der Waals surface area contributed by atoms with Crippen LogP contribution < -0.4 is 20.4 Å². The second-order valence-electron chi connectivity index (χ2n) is 7.89. The monoisotopic (exact) mass is 478 g/mol. The van der Waals surface area contributed by atoms with Crippen LogP contribution in [0.15, 0.2) is 30.5 Å². The van der Waals surface area contributed by atoms with Crippen molar-refractivity contribution in [2.45, 2.75) is 31.6 Å². The molecule has 10 nitrogen and oxygen atoms in total. The minimum absolute atomic E-state index is 0.0998. The number of anilines is 3. The average Bonchev–Trinajstić information content (AvgIpc) is 3.21. The van der Waals surface area contributed by atoms with Gasteiger partial charge in [0.1, 0.15) is 17.6 Å². The summed E-state index contributed by atoms with van der Waals surface area (Å²) in [5.41, 5.74) is 0.524. The highest BCUT2D eigenvalue weighted by atomic mass is 19.4. The van der Waals surface area contributed by atoms with Crippen LogP contribution in [0.2, 0.25) is 0 Å². The summed E-state index contributed by atoms with van der Waals surface area (Å²) in [5.74, 6) is -1.35. The Bertz CT molecular complexity index is 1140. The van der Waals surface area contributed by atoms with Crippen molar-refractivity contribution < 1.29 is 32.3 Å². The van der Waals surface area contributed by atoms with Gasteiger partial charge in [-0.2, -0.15) is 13.2 Å². The number of halogens is 3. The van der Waals surface area contributed by atoms with E-state index in [0.717, 1.165) is 6.92 Å². The highest BCUT2D eigenvalue weighted by Crippen LogP contribution is 2.39. The molecule has 2 bridgehead atoms. The summed E-state index contributed by atoms with van der Waals surface area (Å²) in [6, 6.07) is 2.74. The van der Waals surface area contributed by atoms with Gasteiger partial charge < -0.3 is 15.0 Å². The zero-order chi connectivity index (χ0) is 24.6. The summed E-state index contributed by atoms with van der Waals surface area (Å²) in [5, 5.41) is 4.49. The Labute approximate surface area is 192 Å². The van der Waals surface area contributed by atoms with Gasteiger partial charge in [0, 0.05) is 19.3 Å². The van der Waals surface area contributed by atoms with Gasteiger partial charge in [0.25, 0.3) is 5.91 Å². The van der Waals surface area contributed by atoms with E-state index in [4.69, 9.17) is 0 Å². The molecule has 1 saturated heterocycles. The predicted molar refractivity (Wildman–Crippen MR) is 115 cm³/mol. The molecule has 0 radical (unpaired) electrons. The molecule has 0 aliphatic carbocycles. The number of carbonyl (C=O) groups excluding carboxylic acids is 3. The van der Waals surface area contributed by atoms with E-state index in [1.54, 1.807) is 6.07 Å². The van der Waals surface area contributed by atoms with Crippen LogP contribution in [-0.4, -0.2) is 66.3 Å². The van der Waals surface area contributed by atoms with Crippen LogP contribution in [-0.2, 0) is 4.74 Å². The van der Waals surface area contributed by atoms with Gasteiger partial charge in [0.05, 0.1) is 24.4 Å². The number of methoxy groups -OCH3 is 1. The van der Waals surface area contributed by atoms with Crippen LogP contribution in [0, 0.1) is 0 Å². The maximum Gasteiger partial charge on any atom is 0.408 e. The number of hydrogen-bond acceptors (Lipinski definition) is 7. The molecule has 0 saturated carbocycles. The Balaban J connectivity index is 1.61. The van der Waals surface area contributed by atoms with Gasteiger partial charge in [0.2, 0.25) is 0 Å². The minimum Gasteiger partial charge on any atom is -0.465 e. The molecule has 0 spiro atoms. The molecule has 180 valence electrons. The number of aromatic nitrogens is 2. The molecule has 2 aliphatic heterocycles. The molecule has 2 atom stereocenters. The van der Waals surface area contributed by atoms with E-state index in [9.17, 15) is 27.6 Å². The molecule has 2 aromatic heterocycles. The molecule has 4 rings (SSSR count). The second-order valence-corrected chi connectivity index (χ2v) is 7.89. The molecule has 13 heteroatoms. The van der Waals surface area contributed by atoms with Gasteiger partial charge in [-0.15, -0.1) is 0 Å². The number of alkyl halides is 3. The van der Waals surface area contributed by atoms with E-state index in [2.05, 4.69) is 20.0 Å². The number of pyridine rings is 2. The van der Waals surface area contributed by atoms with Crippen molar-refractivity contribution in [3.8, 4) is 0 Å². The van der Waals surface area contributed by atoms with Crippen molar-refractivity contribution in [3.05, 3.63) is 41.7 Å². The highest BCUT2D eigenvalue weighted by Gasteiger charge is 2.41. The third-order valence-electron chi connectivity index (χ3n) is 5.66. The quantitative estimate of drug-likeness (QED) is 0.649. The molecule has 1 unspecified atom stereocenters. The zero-order valence-corrected chi connectivity index (χ0v) is 18.2.